The van der Waals surface area contributed by atoms with E-state index in [9.17, 15) is 13.2 Å². The molecule has 0 aliphatic heterocycles. The SMILES string of the molecule is CCCC[N+](CCCC)(CCCC)Cc1cccc(OC(F)(F)F)c1.[Cl-]. The molecule has 0 aliphatic rings. The van der Waals surface area contributed by atoms with Crippen LogP contribution in [0.1, 0.15) is 64.9 Å². The van der Waals surface area contributed by atoms with Crippen LogP contribution in [0.5, 0.6) is 5.75 Å². The van der Waals surface area contributed by atoms with Crippen molar-refractivity contribution in [3.8, 4) is 5.75 Å². The first kappa shape index (κ1) is 25.1. The van der Waals surface area contributed by atoms with Crippen LogP contribution in [0.15, 0.2) is 24.3 Å². The van der Waals surface area contributed by atoms with Crippen molar-refractivity contribution in [2.24, 2.45) is 0 Å². The van der Waals surface area contributed by atoms with Gasteiger partial charge in [0, 0.05) is 5.56 Å². The number of quaternary nitrogens is 1. The van der Waals surface area contributed by atoms with Gasteiger partial charge in [0.2, 0.25) is 0 Å². The van der Waals surface area contributed by atoms with E-state index in [0.29, 0.717) is 0 Å². The van der Waals surface area contributed by atoms with Crippen LogP contribution in [0.25, 0.3) is 0 Å². The maximum atomic E-state index is 12.5. The van der Waals surface area contributed by atoms with Crippen LogP contribution >= 0.6 is 0 Å². The molecule has 0 aliphatic carbocycles. The van der Waals surface area contributed by atoms with Gasteiger partial charge in [0.15, 0.2) is 0 Å². The van der Waals surface area contributed by atoms with Gasteiger partial charge in [0.1, 0.15) is 12.3 Å². The van der Waals surface area contributed by atoms with Crippen LogP contribution in [0, 0.1) is 0 Å². The van der Waals surface area contributed by atoms with Gasteiger partial charge in [-0.1, -0.05) is 52.2 Å². The third-order valence-electron chi connectivity index (χ3n) is 4.61. The van der Waals surface area contributed by atoms with E-state index >= 15 is 0 Å². The lowest BCUT2D eigenvalue weighted by molar-refractivity contribution is -0.941. The molecule has 0 heterocycles. The van der Waals surface area contributed by atoms with Crippen molar-refractivity contribution in [3.63, 3.8) is 0 Å². The Hall–Kier alpha value is -0.940. The Morgan fingerprint density at radius 3 is 1.81 bits per heavy atom. The predicted molar refractivity (Wildman–Crippen MR) is 96.4 cm³/mol. The van der Waals surface area contributed by atoms with E-state index in [4.69, 9.17) is 0 Å². The molecule has 0 saturated heterocycles. The molecule has 0 amide bonds. The summed E-state index contributed by atoms with van der Waals surface area (Å²) >= 11 is 0. The van der Waals surface area contributed by atoms with Crippen LogP contribution in [0.2, 0.25) is 0 Å². The molecule has 2 nitrogen and oxygen atoms in total. The van der Waals surface area contributed by atoms with E-state index in [1.54, 1.807) is 12.1 Å². The van der Waals surface area contributed by atoms with Gasteiger partial charge in [-0.2, -0.15) is 0 Å². The third kappa shape index (κ3) is 9.67. The van der Waals surface area contributed by atoms with Crippen molar-refractivity contribution in [2.75, 3.05) is 19.6 Å². The molecule has 0 aromatic heterocycles. The van der Waals surface area contributed by atoms with Gasteiger partial charge in [-0.05, 0) is 31.4 Å². The summed E-state index contributed by atoms with van der Waals surface area (Å²) in [6.07, 6.45) is 2.20. The Kier molecular flexibility index (Phi) is 12.0. The molecule has 0 N–H and O–H groups in total. The minimum atomic E-state index is -4.64. The third-order valence-corrected chi connectivity index (χ3v) is 4.61. The highest BCUT2D eigenvalue weighted by atomic mass is 35.5. The molecule has 152 valence electrons. The molecule has 0 radical (unpaired) electrons. The maximum absolute atomic E-state index is 12.5. The van der Waals surface area contributed by atoms with E-state index in [-0.39, 0.29) is 18.2 Å². The molecule has 1 rings (SSSR count). The Balaban J connectivity index is 0.00000625. The number of nitrogens with zero attached hydrogens (tertiary/aromatic N) is 1. The minimum absolute atomic E-state index is 0. The van der Waals surface area contributed by atoms with Gasteiger partial charge in [-0.15, -0.1) is 13.2 Å². The number of hydrogen-bond donors (Lipinski definition) is 0. The highest BCUT2D eigenvalue weighted by molar-refractivity contribution is 5.28. The summed E-state index contributed by atoms with van der Waals surface area (Å²) in [5.74, 6) is -0.121. The van der Waals surface area contributed by atoms with Crippen LogP contribution in [0.3, 0.4) is 0 Å². The van der Waals surface area contributed by atoms with Gasteiger partial charge in [0.25, 0.3) is 0 Å². The minimum Gasteiger partial charge on any atom is -1.00 e. The molecule has 0 spiro atoms. The lowest BCUT2D eigenvalue weighted by atomic mass is 10.1. The summed E-state index contributed by atoms with van der Waals surface area (Å²) < 4.78 is 42.5. The fraction of sp³-hybridized carbons (Fsp3) is 0.700. The molecule has 0 atom stereocenters. The predicted octanol–water partition coefficient (Wildman–Crippen LogP) is 3.31. The van der Waals surface area contributed by atoms with Gasteiger partial charge < -0.3 is 21.6 Å². The second kappa shape index (κ2) is 12.4. The Bertz CT molecular complexity index is 472. The summed E-state index contributed by atoms with van der Waals surface area (Å²) in [6.45, 7) is 10.6. The summed E-state index contributed by atoms with van der Waals surface area (Å²) in [5.41, 5.74) is 0.921. The van der Waals surface area contributed by atoms with Crippen molar-refractivity contribution < 1.29 is 34.8 Å². The lowest BCUT2D eigenvalue weighted by Crippen LogP contribution is -3.00. The highest BCUT2D eigenvalue weighted by Gasteiger charge is 2.31. The first-order valence-corrected chi connectivity index (χ1v) is 9.54. The van der Waals surface area contributed by atoms with Crippen LogP contribution in [-0.4, -0.2) is 30.5 Å². The van der Waals surface area contributed by atoms with Crippen molar-refractivity contribution in [3.05, 3.63) is 29.8 Å². The van der Waals surface area contributed by atoms with E-state index in [1.165, 1.54) is 6.07 Å². The molecule has 1 aromatic rings. The summed E-state index contributed by atoms with van der Waals surface area (Å²) in [6, 6.07) is 6.49. The number of rotatable bonds is 12. The zero-order valence-electron chi connectivity index (χ0n) is 16.2. The Morgan fingerprint density at radius 2 is 1.38 bits per heavy atom. The molecule has 0 saturated carbocycles. The maximum Gasteiger partial charge on any atom is 0.573 e. The highest BCUT2D eigenvalue weighted by Crippen LogP contribution is 2.26. The second-order valence-electron chi connectivity index (χ2n) is 6.93. The Morgan fingerprint density at radius 1 is 0.885 bits per heavy atom. The van der Waals surface area contributed by atoms with Crippen molar-refractivity contribution in [1.82, 2.24) is 0 Å². The average Bonchev–Trinajstić information content (AvgIpc) is 2.55. The van der Waals surface area contributed by atoms with Gasteiger partial charge in [0.05, 0.1) is 19.6 Å². The normalized spacial score (nSPS) is 11.9. The number of unbranched alkanes of at least 4 members (excludes halogenated alkanes) is 3. The molecular weight excluding hydrogens is 363 g/mol. The monoisotopic (exact) mass is 395 g/mol. The van der Waals surface area contributed by atoms with Gasteiger partial charge >= 0.3 is 6.36 Å². The quantitative estimate of drug-likeness (QED) is 0.493. The number of hydrogen-bond acceptors (Lipinski definition) is 1. The zero-order valence-corrected chi connectivity index (χ0v) is 17.0. The van der Waals surface area contributed by atoms with Gasteiger partial charge in [-0.3, -0.25) is 0 Å². The van der Waals surface area contributed by atoms with Crippen molar-refractivity contribution in [2.45, 2.75) is 72.2 Å². The fourth-order valence-corrected chi connectivity index (χ4v) is 3.28. The summed E-state index contributed by atoms with van der Waals surface area (Å²) in [7, 11) is 0. The molecular formula is C20H33ClF3NO. The lowest BCUT2D eigenvalue weighted by Gasteiger charge is -2.39. The number of benzene rings is 1. The van der Waals surface area contributed by atoms with E-state index in [0.717, 1.165) is 74.8 Å². The second-order valence-corrected chi connectivity index (χ2v) is 6.93. The molecule has 0 fully saturated rings. The number of halogens is 4. The molecule has 6 heteroatoms. The van der Waals surface area contributed by atoms with E-state index in [2.05, 4.69) is 25.5 Å². The standard InChI is InChI=1S/C20H33F3NO.ClH/c1-4-7-13-24(14-8-5-2,15-9-6-3)17-18-11-10-12-19(16-18)25-20(21,22)23;/h10-12,16H,4-9,13-15,17H2,1-3H3;1H/q+1;/p-1. The summed E-state index contributed by atoms with van der Waals surface area (Å²) in [4.78, 5) is 0. The molecule has 26 heavy (non-hydrogen) atoms. The van der Waals surface area contributed by atoms with E-state index < -0.39 is 6.36 Å². The smallest absolute Gasteiger partial charge is 0.573 e. The molecule has 1 aromatic carbocycles. The Labute approximate surface area is 162 Å². The van der Waals surface area contributed by atoms with Crippen LogP contribution < -0.4 is 17.1 Å². The zero-order chi connectivity index (χ0) is 18.8. The first-order valence-electron chi connectivity index (χ1n) is 9.54. The van der Waals surface area contributed by atoms with Crippen LogP contribution in [-0.2, 0) is 6.54 Å². The van der Waals surface area contributed by atoms with E-state index in [1.807, 2.05) is 6.07 Å². The number of ether oxygens (including phenoxy) is 1. The van der Waals surface area contributed by atoms with Crippen LogP contribution in [0.4, 0.5) is 13.2 Å². The van der Waals surface area contributed by atoms with Crippen molar-refractivity contribution in [1.29, 1.82) is 0 Å². The summed E-state index contributed by atoms with van der Waals surface area (Å²) in [5, 5.41) is 0. The van der Waals surface area contributed by atoms with Gasteiger partial charge in [-0.25, -0.2) is 0 Å². The molecule has 0 unspecified atom stereocenters. The largest absolute Gasteiger partial charge is 1.00 e. The fourth-order valence-electron chi connectivity index (χ4n) is 3.28. The topological polar surface area (TPSA) is 9.23 Å². The average molecular weight is 396 g/mol. The number of alkyl halides is 3. The first-order chi connectivity index (χ1) is 11.8. The molecule has 0 bridgehead atoms. The van der Waals surface area contributed by atoms with Crippen molar-refractivity contribution >= 4 is 0 Å².